The van der Waals surface area contributed by atoms with Gasteiger partial charge in [0.2, 0.25) is 0 Å². The molecule has 0 atom stereocenters. The molecule has 1 aromatic carbocycles. The van der Waals surface area contributed by atoms with E-state index < -0.39 is 0 Å². The third-order valence-corrected chi connectivity index (χ3v) is 5.52. The van der Waals surface area contributed by atoms with Gasteiger partial charge in [-0.2, -0.15) is 0 Å². The fourth-order valence-corrected chi connectivity index (χ4v) is 4.03. The standard InChI is InChI=1S/C22H27ClN6O2S/c1-14(2)31-11-5-10-24-21(30)20-19(13-32-22-25-15(3)12-16(4)26-22)29(28-27-20)18-8-6-17(23)7-9-18/h6-9,12,14H,5,10-11,13H2,1-4H3,(H,24,30). The number of nitrogens with zero attached hydrogens (tertiary/aromatic N) is 5. The SMILES string of the molecule is Cc1cc(C)nc(SCc2c(C(=O)NCCCOC(C)C)nnn2-c2ccc(Cl)cc2)n1. The van der Waals surface area contributed by atoms with E-state index in [1.54, 1.807) is 16.8 Å². The maximum absolute atomic E-state index is 12.9. The lowest BCUT2D eigenvalue weighted by molar-refractivity contribution is 0.0756. The number of thioether (sulfide) groups is 1. The minimum absolute atomic E-state index is 0.168. The number of ether oxygens (including phenoxy) is 1. The van der Waals surface area contributed by atoms with Gasteiger partial charge in [-0.05, 0) is 64.4 Å². The van der Waals surface area contributed by atoms with Crippen molar-refractivity contribution in [2.24, 2.45) is 0 Å². The first kappa shape index (κ1) is 24.2. The minimum Gasteiger partial charge on any atom is -0.379 e. The number of aryl methyl sites for hydroxylation is 2. The van der Waals surface area contributed by atoms with Crippen molar-refractivity contribution in [1.29, 1.82) is 0 Å². The highest BCUT2D eigenvalue weighted by atomic mass is 35.5. The number of rotatable bonds is 10. The van der Waals surface area contributed by atoms with Crippen LogP contribution < -0.4 is 5.32 Å². The van der Waals surface area contributed by atoms with Crippen molar-refractivity contribution in [2.45, 2.75) is 51.1 Å². The summed E-state index contributed by atoms with van der Waals surface area (Å²) in [5.41, 5.74) is 3.50. The Bertz CT molecular complexity index is 1030. The van der Waals surface area contributed by atoms with Crippen LogP contribution in [0.1, 0.15) is 47.8 Å². The molecule has 0 fully saturated rings. The summed E-state index contributed by atoms with van der Waals surface area (Å²) in [7, 11) is 0. The molecule has 2 heterocycles. The second kappa shape index (κ2) is 11.4. The van der Waals surface area contributed by atoms with Crippen LogP contribution in [0.4, 0.5) is 0 Å². The number of amides is 1. The Hall–Kier alpha value is -2.49. The van der Waals surface area contributed by atoms with E-state index >= 15 is 0 Å². The van der Waals surface area contributed by atoms with Gasteiger partial charge in [0.25, 0.3) is 5.91 Å². The molecule has 0 aliphatic carbocycles. The molecule has 10 heteroatoms. The van der Waals surface area contributed by atoms with Gasteiger partial charge in [-0.15, -0.1) is 5.10 Å². The van der Waals surface area contributed by atoms with Crippen LogP contribution in [0.25, 0.3) is 5.69 Å². The van der Waals surface area contributed by atoms with Gasteiger partial charge < -0.3 is 10.1 Å². The average Bonchev–Trinajstić information content (AvgIpc) is 3.15. The molecule has 0 saturated carbocycles. The quantitative estimate of drug-likeness (QED) is 0.267. The van der Waals surface area contributed by atoms with Crippen molar-refractivity contribution in [1.82, 2.24) is 30.3 Å². The molecule has 3 rings (SSSR count). The molecule has 3 aromatic rings. The highest BCUT2D eigenvalue weighted by Crippen LogP contribution is 2.24. The zero-order chi connectivity index (χ0) is 23.1. The van der Waals surface area contributed by atoms with Crippen LogP contribution in [0.3, 0.4) is 0 Å². The molecule has 0 unspecified atom stereocenters. The van der Waals surface area contributed by atoms with Crippen molar-refractivity contribution in [3.8, 4) is 5.69 Å². The minimum atomic E-state index is -0.272. The van der Waals surface area contributed by atoms with Gasteiger partial charge >= 0.3 is 0 Å². The zero-order valence-corrected chi connectivity index (χ0v) is 20.2. The first-order valence-electron chi connectivity index (χ1n) is 10.4. The second-order valence-electron chi connectivity index (χ2n) is 7.52. The van der Waals surface area contributed by atoms with E-state index in [0.29, 0.717) is 34.8 Å². The highest BCUT2D eigenvalue weighted by molar-refractivity contribution is 7.98. The van der Waals surface area contributed by atoms with Gasteiger partial charge in [0, 0.05) is 35.3 Å². The fourth-order valence-electron chi connectivity index (χ4n) is 2.97. The van der Waals surface area contributed by atoms with Crippen molar-refractivity contribution in [3.05, 3.63) is 58.1 Å². The van der Waals surface area contributed by atoms with E-state index in [0.717, 1.165) is 23.5 Å². The Morgan fingerprint density at radius 1 is 1.19 bits per heavy atom. The van der Waals surface area contributed by atoms with Crippen molar-refractivity contribution >= 4 is 29.3 Å². The predicted octanol–water partition coefficient (Wildman–Crippen LogP) is 4.16. The lowest BCUT2D eigenvalue weighted by atomic mass is 10.2. The third-order valence-electron chi connectivity index (χ3n) is 4.41. The Morgan fingerprint density at radius 2 is 1.88 bits per heavy atom. The topological polar surface area (TPSA) is 94.8 Å². The lowest BCUT2D eigenvalue weighted by Gasteiger charge is -2.10. The van der Waals surface area contributed by atoms with E-state index in [1.807, 2.05) is 45.9 Å². The van der Waals surface area contributed by atoms with Gasteiger partial charge in [-0.3, -0.25) is 4.79 Å². The summed E-state index contributed by atoms with van der Waals surface area (Å²) in [6.07, 6.45) is 0.886. The molecule has 0 radical (unpaired) electrons. The van der Waals surface area contributed by atoms with Crippen LogP contribution in [-0.2, 0) is 10.5 Å². The molecule has 0 bridgehead atoms. The molecule has 170 valence electrons. The maximum atomic E-state index is 12.9. The monoisotopic (exact) mass is 474 g/mol. The number of benzene rings is 1. The lowest BCUT2D eigenvalue weighted by Crippen LogP contribution is -2.27. The van der Waals surface area contributed by atoms with Crippen LogP contribution in [0.5, 0.6) is 0 Å². The van der Waals surface area contributed by atoms with Crippen LogP contribution in [-0.4, -0.2) is 50.1 Å². The molecule has 1 amide bonds. The fraction of sp³-hybridized carbons (Fsp3) is 0.409. The Labute approximate surface area is 197 Å². The molecule has 32 heavy (non-hydrogen) atoms. The summed E-state index contributed by atoms with van der Waals surface area (Å²) in [5.74, 6) is 0.157. The Morgan fingerprint density at radius 3 is 2.53 bits per heavy atom. The molecule has 1 N–H and O–H groups in total. The highest BCUT2D eigenvalue weighted by Gasteiger charge is 2.21. The predicted molar refractivity (Wildman–Crippen MR) is 125 cm³/mol. The van der Waals surface area contributed by atoms with Crippen LogP contribution >= 0.6 is 23.4 Å². The van der Waals surface area contributed by atoms with Gasteiger partial charge in [-0.25, -0.2) is 14.6 Å². The van der Waals surface area contributed by atoms with Gasteiger partial charge in [0.05, 0.1) is 17.5 Å². The molecule has 0 aliphatic rings. The summed E-state index contributed by atoms with van der Waals surface area (Å²) in [6.45, 7) is 8.91. The van der Waals surface area contributed by atoms with Crippen molar-refractivity contribution in [3.63, 3.8) is 0 Å². The molecule has 2 aromatic heterocycles. The van der Waals surface area contributed by atoms with Crippen LogP contribution in [0.2, 0.25) is 5.02 Å². The summed E-state index contributed by atoms with van der Waals surface area (Å²) in [6, 6.07) is 9.15. The Kier molecular flexibility index (Phi) is 8.60. The normalized spacial score (nSPS) is 11.2. The maximum Gasteiger partial charge on any atom is 0.273 e. The number of halogens is 1. The zero-order valence-electron chi connectivity index (χ0n) is 18.6. The van der Waals surface area contributed by atoms with Crippen molar-refractivity contribution < 1.29 is 9.53 Å². The van der Waals surface area contributed by atoms with Gasteiger partial charge in [0.1, 0.15) is 0 Å². The van der Waals surface area contributed by atoms with Crippen molar-refractivity contribution in [2.75, 3.05) is 13.2 Å². The number of nitrogens with one attached hydrogen (secondary N) is 1. The largest absolute Gasteiger partial charge is 0.379 e. The number of carbonyl (C=O) groups excluding carboxylic acids is 1. The van der Waals surface area contributed by atoms with E-state index in [9.17, 15) is 4.79 Å². The van der Waals surface area contributed by atoms with Crippen LogP contribution in [0.15, 0.2) is 35.5 Å². The van der Waals surface area contributed by atoms with E-state index in [4.69, 9.17) is 16.3 Å². The average molecular weight is 475 g/mol. The molecule has 8 nitrogen and oxygen atoms in total. The van der Waals surface area contributed by atoms with Gasteiger partial charge in [0.15, 0.2) is 10.9 Å². The molecular weight excluding hydrogens is 448 g/mol. The Balaban J connectivity index is 1.79. The van der Waals surface area contributed by atoms with E-state index in [1.165, 1.54) is 11.8 Å². The smallest absolute Gasteiger partial charge is 0.273 e. The summed E-state index contributed by atoms with van der Waals surface area (Å²) in [5, 5.41) is 12.6. The van der Waals surface area contributed by atoms with Gasteiger partial charge in [-0.1, -0.05) is 28.6 Å². The number of hydrogen-bond donors (Lipinski definition) is 1. The molecule has 0 saturated heterocycles. The molecular formula is C22H27ClN6O2S. The van der Waals surface area contributed by atoms with E-state index in [2.05, 4.69) is 25.6 Å². The number of carbonyl (C=O) groups is 1. The van der Waals surface area contributed by atoms with E-state index in [-0.39, 0.29) is 17.7 Å². The summed E-state index contributed by atoms with van der Waals surface area (Å²) in [4.78, 5) is 21.8. The first-order valence-corrected chi connectivity index (χ1v) is 11.7. The summed E-state index contributed by atoms with van der Waals surface area (Å²) >= 11 is 7.46. The number of hydrogen-bond acceptors (Lipinski definition) is 7. The summed E-state index contributed by atoms with van der Waals surface area (Å²) < 4.78 is 7.18. The first-order chi connectivity index (χ1) is 15.3. The number of aromatic nitrogens is 5. The van der Waals surface area contributed by atoms with Crippen LogP contribution in [0, 0.1) is 13.8 Å². The third kappa shape index (κ3) is 6.75. The molecule has 0 aliphatic heterocycles. The molecule has 0 spiro atoms. The second-order valence-corrected chi connectivity index (χ2v) is 8.90.